The van der Waals surface area contributed by atoms with E-state index in [1.807, 2.05) is 0 Å². The fourth-order valence-electron chi connectivity index (χ4n) is 3.36. The summed E-state index contributed by atoms with van der Waals surface area (Å²) < 4.78 is 5.78. The Morgan fingerprint density at radius 2 is 2.26 bits per heavy atom. The first-order chi connectivity index (χ1) is 9.00. The molecule has 108 valence electrons. The summed E-state index contributed by atoms with van der Waals surface area (Å²) >= 11 is 0. The van der Waals surface area contributed by atoms with Crippen LogP contribution in [0, 0.1) is 11.3 Å². The van der Waals surface area contributed by atoms with Crippen LogP contribution in [0.1, 0.15) is 46.5 Å². The summed E-state index contributed by atoms with van der Waals surface area (Å²) in [6.07, 6.45) is 4.14. The molecule has 0 bridgehead atoms. The average molecular weight is 265 g/mol. The van der Waals surface area contributed by atoms with E-state index in [2.05, 4.69) is 37.1 Å². The van der Waals surface area contributed by atoms with Gasteiger partial charge in [-0.15, -0.1) is 0 Å². The Labute approximate surface area is 117 Å². The third-order valence-corrected chi connectivity index (χ3v) is 4.39. The summed E-state index contributed by atoms with van der Waals surface area (Å²) in [4.78, 5) is 2.52. The van der Waals surface area contributed by atoms with Crippen molar-refractivity contribution in [3.05, 3.63) is 0 Å². The normalized spacial score (nSPS) is 35.2. The summed E-state index contributed by atoms with van der Waals surface area (Å²) in [5.74, 6) is 0. The van der Waals surface area contributed by atoms with Crippen LogP contribution in [0.5, 0.6) is 0 Å². The van der Waals surface area contributed by atoms with E-state index < -0.39 is 0 Å². The monoisotopic (exact) mass is 265 g/mol. The average Bonchev–Trinajstić information content (AvgIpc) is 2.80. The van der Waals surface area contributed by atoms with Crippen molar-refractivity contribution >= 4 is 0 Å². The lowest BCUT2D eigenvalue weighted by molar-refractivity contribution is -0.0967. The quantitative estimate of drug-likeness (QED) is 0.843. The van der Waals surface area contributed by atoms with E-state index in [-0.39, 0.29) is 11.1 Å². The van der Waals surface area contributed by atoms with Gasteiger partial charge in [0.15, 0.2) is 0 Å². The van der Waals surface area contributed by atoms with Crippen LogP contribution in [0.15, 0.2) is 0 Å². The fourth-order valence-corrected chi connectivity index (χ4v) is 3.36. The number of ether oxygens (including phenoxy) is 1. The summed E-state index contributed by atoms with van der Waals surface area (Å²) in [7, 11) is 0. The Bertz CT molecular complexity index is 350. The summed E-state index contributed by atoms with van der Waals surface area (Å²) in [5, 5.41) is 13.0. The molecule has 0 aromatic rings. The minimum absolute atomic E-state index is 0.0486. The zero-order valence-electron chi connectivity index (χ0n) is 12.5. The van der Waals surface area contributed by atoms with Gasteiger partial charge in [0.2, 0.25) is 0 Å². The molecule has 0 aromatic carbocycles. The zero-order valence-corrected chi connectivity index (χ0v) is 12.5. The second kappa shape index (κ2) is 5.78. The minimum atomic E-state index is -0.289. The molecule has 1 saturated carbocycles. The van der Waals surface area contributed by atoms with Gasteiger partial charge in [-0.1, -0.05) is 6.92 Å². The summed E-state index contributed by atoms with van der Waals surface area (Å²) in [5.41, 5.74) is -0.337. The lowest BCUT2D eigenvalue weighted by atomic mass is 9.98. The maximum Gasteiger partial charge on any atom is 0.108 e. The van der Waals surface area contributed by atoms with E-state index in [4.69, 9.17) is 4.74 Å². The summed E-state index contributed by atoms with van der Waals surface area (Å²) in [6, 6.07) is 3.07. The molecule has 1 saturated heterocycles. The Kier molecular flexibility index (Phi) is 4.50. The van der Waals surface area contributed by atoms with Crippen molar-refractivity contribution in [2.75, 3.05) is 26.2 Å². The molecule has 1 heterocycles. The van der Waals surface area contributed by atoms with Crippen molar-refractivity contribution in [2.45, 2.75) is 63.6 Å². The van der Waals surface area contributed by atoms with E-state index in [0.29, 0.717) is 6.04 Å². The van der Waals surface area contributed by atoms with Crippen LogP contribution in [0.4, 0.5) is 0 Å². The largest absolute Gasteiger partial charge is 0.373 e. The van der Waals surface area contributed by atoms with Crippen molar-refractivity contribution in [1.29, 1.82) is 5.26 Å². The van der Waals surface area contributed by atoms with E-state index in [9.17, 15) is 5.26 Å². The van der Waals surface area contributed by atoms with Crippen molar-refractivity contribution in [3.63, 3.8) is 0 Å². The van der Waals surface area contributed by atoms with E-state index in [1.165, 1.54) is 0 Å². The molecule has 1 aliphatic heterocycles. The predicted octanol–water partition coefficient (Wildman–Crippen LogP) is 1.91. The number of nitriles is 1. The van der Waals surface area contributed by atoms with Crippen molar-refractivity contribution < 1.29 is 4.74 Å². The highest BCUT2D eigenvalue weighted by Crippen LogP contribution is 2.34. The fraction of sp³-hybridized carbons (Fsp3) is 0.933. The first kappa shape index (κ1) is 14.8. The molecule has 2 atom stereocenters. The predicted molar refractivity (Wildman–Crippen MR) is 75.9 cm³/mol. The molecule has 4 nitrogen and oxygen atoms in total. The Morgan fingerprint density at radius 1 is 1.47 bits per heavy atom. The van der Waals surface area contributed by atoms with Crippen molar-refractivity contribution in [3.8, 4) is 6.07 Å². The lowest BCUT2D eigenvalue weighted by Gasteiger charge is -2.41. The minimum Gasteiger partial charge on any atom is -0.373 e. The van der Waals surface area contributed by atoms with Crippen LogP contribution in [0.2, 0.25) is 0 Å². The number of morpholine rings is 1. The van der Waals surface area contributed by atoms with Crippen molar-refractivity contribution in [1.82, 2.24) is 10.2 Å². The van der Waals surface area contributed by atoms with Gasteiger partial charge in [0.25, 0.3) is 0 Å². The van der Waals surface area contributed by atoms with Crippen LogP contribution in [-0.2, 0) is 4.74 Å². The molecule has 19 heavy (non-hydrogen) atoms. The molecule has 0 radical (unpaired) electrons. The van der Waals surface area contributed by atoms with E-state index in [0.717, 1.165) is 51.9 Å². The summed E-state index contributed by atoms with van der Waals surface area (Å²) in [6.45, 7) is 10.2. The lowest BCUT2D eigenvalue weighted by Crippen LogP contribution is -2.52. The van der Waals surface area contributed by atoms with E-state index in [1.54, 1.807) is 0 Å². The van der Waals surface area contributed by atoms with Gasteiger partial charge in [0.05, 0.1) is 18.3 Å². The van der Waals surface area contributed by atoms with Crippen LogP contribution in [0.25, 0.3) is 0 Å². The van der Waals surface area contributed by atoms with E-state index >= 15 is 0 Å². The van der Waals surface area contributed by atoms with Gasteiger partial charge in [0, 0.05) is 19.1 Å². The number of nitrogens with zero attached hydrogens (tertiary/aromatic N) is 2. The van der Waals surface area contributed by atoms with Gasteiger partial charge in [-0.3, -0.25) is 10.2 Å². The first-order valence-electron chi connectivity index (χ1n) is 7.54. The van der Waals surface area contributed by atoms with Crippen LogP contribution in [0.3, 0.4) is 0 Å². The third-order valence-electron chi connectivity index (χ3n) is 4.39. The van der Waals surface area contributed by atoms with Crippen LogP contribution >= 0.6 is 0 Å². The molecule has 0 amide bonds. The highest BCUT2D eigenvalue weighted by molar-refractivity contribution is 5.13. The molecule has 4 heteroatoms. The maximum atomic E-state index is 9.51. The van der Waals surface area contributed by atoms with Gasteiger partial charge in [0.1, 0.15) is 5.54 Å². The smallest absolute Gasteiger partial charge is 0.108 e. The Hall–Kier alpha value is -0.630. The van der Waals surface area contributed by atoms with Crippen LogP contribution in [-0.4, -0.2) is 48.3 Å². The molecule has 2 unspecified atom stereocenters. The molecular formula is C15H27N3O. The number of nitrogens with one attached hydrogen (secondary N) is 1. The molecule has 2 aliphatic rings. The maximum absolute atomic E-state index is 9.51. The second-order valence-electron chi connectivity index (χ2n) is 6.60. The molecule has 2 fully saturated rings. The van der Waals surface area contributed by atoms with Gasteiger partial charge in [-0.05, 0) is 46.1 Å². The molecule has 0 spiro atoms. The first-order valence-corrected chi connectivity index (χ1v) is 7.54. The van der Waals surface area contributed by atoms with Gasteiger partial charge in [-0.25, -0.2) is 0 Å². The highest BCUT2D eigenvalue weighted by Gasteiger charge is 2.43. The molecule has 1 N–H and O–H groups in total. The zero-order chi connectivity index (χ0) is 13.9. The van der Waals surface area contributed by atoms with Gasteiger partial charge in [-0.2, -0.15) is 5.26 Å². The third kappa shape index (κ3) is 3.47. The topological polar surface area (TPSA) is 48.3 Å². The number of rotatable bonds is 4. The number of hydrogen-bond donors (Lipinski definition) is 1. The van der Waals surface area contributed by atoms with Crippen molar-refractivity contribution in [2.24, 2.45) is 0 Å². The number of hydrogen-bond acceptors (Lipinski definition) is 4. The van der Waals surface area contributed by atoms with Gasteiger partial charge < -0.3 is 4.74 Å². The molecule has 1 aliphatic carbocycles. The highest BCUT2D eigenvalue weighted by atomic mass is 16.5. The standard InChI is InChI=1S/C15H27N3O/c1-4-7-17-15(11-16)6-5-13(10-15)18-8-9-19-14(2,3)12-18/h13,17H,4-10,12H2,1-3H3. The SMILES string of the molecule is CCCNC1(C#N)CCC(N2CCOC(C)(C)C2)C1. The Balaban J connectivity index is 1.95. The molecule has 2 rings (SSSR count). The van der Waals surface area contributed by atoms with Crippen LogP contribution < -0.4 is 5.32 Å². The molecular weight excluding hydrogens is 238 g/mol. The Morgan fingerprint density at radius 3 is 2.89 bits per heavy atom. The second-order valence-corrected chi connectivity index (χ2v) is 6.60. The molecule has 0 aromatic heterocycles. The van der Waals surface area contributed by atoms with Gasteiger partial charge >= 0.3 is 0 Å².